The monoisotopic (exact) mass is 141 g/mol. The van der Waals surface area contributed by atoms with Crippen LogP contribution in [0.15, 0.2) is 10.1 Å². The van der Waals surface area contributed by atoms with Gasteiger partial charge in [0, 0.05) is 19.0 Å². The fourth-order valence-corrected chi connectivity index (χ4v) is 0.793. The fourth-order valence-electron chi connectivity index (χ4n) is 0.793. The molecule has 10 heavy (non-hydrogen) atoms. The number of hydrogen-bond donors (Lipinski definition) is 3. The van der Waals surface area contributed by atoms with Gasteiger partial charge in [-0.05, 0) is 6.72 Å². The Labute approximate surface area is 59.4 Å². The highest BCUT2D eigenvalue weighted by Gasteiger charge is 2.21. The predicted molar refractivity (Wildman–Crippen MR) is 40.7 cm³/mol. The van der Waals surface area contributed by atoms with Crippen LogP contribution in [0.2, 0.25) is 0 Å². The van der Waals surface area contributed by atoms with Crippen molar-refractivity contribution in [3.05, 3.63) is 0 Å². The first-order valence-electron chi connectivity index (χ1n) is 3.09. The van der Waals surface area contributed by atoms with Gasteiger partial charge in [0.1, 0.15) is 0 Å². The number of hydrogen-bond acceptors (Lipinski definition) is 4. The van der Waals surface area contributed by atoms with Gasteiger partial charge in [-0.25, -0.2) is 16.4 Å². The third-order valence-electron chi connectivity index (χ3n) is 1.49. The van der Waals surface area contributed by atoms with Gasteiger partial charge in [-0.2, -0.15) is 0 Å². The van der Waals surface area contributed by atoms with Crippen molar-refractivity contribution in [2.45, 2.75) is 0 Å². The van der Waals surface area contributed by atoms with Crippen LogP contribution in [0.4, 0.5) is 0 Å². The minimum atomic E-state index is 0.383. The summed E-state index contributed by atoms with van der Waals surface area (Å²) in [6.07, 6.45) is 0. The Morgan fingerprint density at radius 3 is 2.70 bits per heavy atom. The maximum Gasteiger partial charge on any atom is 0.154 e. The molecule has 1 fully saturated rings. The first-order valence-corrected chi connectivity index (χ1v) is 3.09. The molecule has 5 heteroatoms. The van der Waals surface area contributed by atoms with E-state index in [0.717, 1.165) is 13.1 Å². The summed E-state index contributed by atoms with van der Waals surface area (Å²) in [6.45, 7) is 5.21. The van der Waals surface area contributed by atoms with E-state index in [-0.39, 0.29) is 0 Å². The largest absolute Gasteiger partial charge is 0.315 e. The molecular formula is C5H11N5. The third-order valence-corrected chi connectivity index (χ3v) is 1.49. The Morgan fingerprint density at radius 1 is 1.70 bits per heavy atom. The molecule has 0 unspecified atom stereocenters. The van der Waals surface area contributed by atoms with E-state index in [4.69, 9.17) is 5.84 Å². The van der Waals surface area contributed by atoms with Gasteiger partial charge in [0.05, 0.1) is 0 Å². The zero-order chi connectivity index (χ0) is 7.40. The van der Waals surface area contributed by atoms with Crippen LogP contribution in [0, 0.1) is 5.92 Å². The van der Waals surface area contributed by atoms with Gasteiger partial charge in [-0.1, -0.05) is 0 Å². The molecule has 0 spiro atoms. The molecule has 0 aliphatic carbocycles. The predicted octanol–water partition coefficient (Wildman–Crippen LogP) is -1.32. The van der Waals surface area contributed by atoms with Crippen molar-refractivity contribution < 1.29 is 0 Å². The van der Waals surface area contributed by atoms with Gasteiger partial charge < -0.3 is 5.32 Å². The smallest absolute Gasteiger partial charge is 0.154 e. The van der Waals surface area contributed by atoms with Gasteiger partial charge in [0.2, 0.25) is 0 Å². The van der Waals surface area contributed by atoms with Crippen molar-refractivity contribution in [3.8, 4) is 0 Å². The Hall–Kier alpha value is -0.940. The number of nitrogens with one attached hydrogen (secondary N) is 2. The Morgan fingerprint density at radius 2 is 2.40 bits per heavy atom. The highest BCUT2D eigenvalue weighted by Crippen LogP contribution is 2.05. The van der Waals surface area contributed by atoms with Crippen molar-refractivity contribution in [1.82, 2.24) is 10.9 Å². The normalized spacial score (nSPS) is 19.9. The Bertz CT molecular complexity index is 148. The molecule has 1 rings (SSSR count). The van der Waals surface area contributed by atoms with Gasteiger partial charge >= 0.3 is 0 Å². The molecule has 1 aliphatic rings. The molecule has 0 amide bonds. The SMILES string of the molecule is C=N/C(=N\NN)C1CNC1. The molecule has 1 aliphatic heterocycles. The van der Waals surface area contributed by atoms with Crippen LogP contribution in [0.1, 0.15) is 0 Å². The van der Waals surface area contributed by atoms with Crippen LogP contribution in [0.3, 0.4) is 0 Å². The molecule has 0 saturated carbocycles. The summed E-state index contributed by atoms with van der Waals surface area (Å²) in [6, 6.07) is 0. The average molecular weight is 141 g/mol. The zero-order valence-electron chi connectivity index (χ0n) is 5.67. The lowest BCUT2D eigenvalue weighted by Gasteiger charge is -2.25. The Balaban J connectivity index is 2.46. The molecular weight excluding hydrogens is 130 g/mol. The second-order valence-corrected chi connectivity index (χ2v) is 2.11. The number of amidine groups is 1. The van der Waals surface area contributed by atoms with Crippen LogP contribution in [-0.4, -0.2) is 25.6 Å². The molecule has 0 radical (unpaired) electrons. The quantitative estimate of drug-likeness (QED) is 0.193. The van der Waals surface area contributed by atoms with E-state index in [2.05, 4.69) is 27.7 Å². The van der Waals surface area contributed by atoms with Crippen molar-refractivity contribution in [2.24, 2.45) is 21.9 Å². The molecule has 0 atom stereocenters. The van der Waals surface area contributed by atoms with Crippen molar-refractivity contribution in [1.29, 1.82) is 0 Å². The van der Waals surface area contributed by atoms with E-state index < -0.39 is 0 Å². The minimum absolute atomic E-state index is 0.383. The zero-order valence-corrected chi connectivity index (χ0v) is 5.67. The fraction of sp³-hybridized carbons (Fsp3) is 0.600. The first-order chi connectivity index (χ1) is 4.88. The van der Waals surface area contributed by atoms with Crippen LogP contribution < -0.4 is 16.7 Å². The lowest BCUT2D eigenvalue weighted by Crippen LogP contribution is -2.46. The van der Waals surface area contributed by atoms with Gasteiger partial charge in [-0.15, -0.1) is 5.10 Å². The molecule has 0 aromatic carbocycles. The molecule has 0 bridgehead atoms. The lowest BCUT2D eigenvalue weighted by atomic mass is 10.0. The van der Waals surface area contributed by atoms with Crippen LogP contribution in [0.25, 0.3) is 0 Å². The summed E-state index contributed by atoms with van der Waals surface area (Å²) in [4.78, 5) is 3.72. The molecule has 1 heterocycles. The summed E-state index contributed by atoms with van der Waals surface area (Å²) in [5.41, 5.74) is 2.19. The second kappa shape index (κ2) is 3.28. The number of aliphatic imine (C=N–C) groups is 1. The molecule has 1 saturated heterocycles. The standard InChI is InChI=1S/C5H11N5/c1-7-5(9-10-6)4-2-8-3-4/h4,8,10H,1-3,6H2/b9-5-. The second-order valence-electron chi connectivity index (χ2n) is 2.11. The number of hydrazine groups is 1. The highest BCUT2D eigenvalue weighted by molar-refractivity contribution is 5.89. The minimum Gasteiger partial charge on any atom is -0.315 e. The molecule has 56 valence electrons. The highest BCUT2D eigenvalue weighted by atomic mass is 15.5. The summed E-state index contributed by atoms with van der Waals surface area (Å²) in [5.74, 6) is 6.04. The van der Waals surface area contributed by atoms with Gasteiger partial charge in [-0.3, -0.25) is 0 Å². The van der Waals surface area contributed by atoms with Crippen LogP contribution in [0.5, 0.6) is 0 Å². The maximum absolute atomic E-state index is 4.98. The van der Waals surface area contributed by atoms with Gasteiger partial charge in [0.25, 0.3) is 0 Å². The molecule has 0 aromatic heterocycles. The van der Waals surface area contributed by atoms with E-state index in [1.54, 1.807) is 0 Å². The summed E-state index contributed by atoms with van der Waals surface area (Å²) in [5, 5.41) is 6.84. The number of hydrazone groups is 1. The van der Waals surface area contributed by atoms with Crippen LogP contribution >= 0.6 is 0 Å². The van der Waals surface area contributed by atoms with Gasteiger partial charge in [0.15, 0.2) is 5.84 Å². The van der Waals surface area contributed by atoms with E-state index >= 15 is 0 Å². The summed E-state index contributed by atoms with van der Waals surface area (Å²) in [7, 11) is 0. The number of rotatable bonds is 2. The molecule has 5 nitrogen and oxygen atoms in total. The number of nitrogens with two attached hydrogens (primary N) is 1. The first kappa shape index (κ1) is 7.17. The van der Waals surface area contributed by atoms with E-state index in [0.29, 0.717) is 11.8 Å². The topological polar surface area (TPSA) is 74.8 Å². The average Bonchev–Trinajstić information content (AvgIpc) is 1.83. The van der Waals surface area contributed by atoms with E-state index in [9.17, 15) is 0 Å². The van der Waals surface area contributed by atoms with E-state index in [1.165, 1.54) is 0 Å². The van der Waals surface area contributed by atoms with E-state index in [1.807, 2.05) is 0 Å². The lowest BCUT2D eigenvalue weighted by molar-refractivity contribution is 0.438. The van der Waals surface area contributed by atoms with Crippen LogP contribution in [-0.2, 0) is 0 Å². The molecule has 0 aromatic rings. The third kappa shape index (κ3) is 1.31. The van der Waals surface area contributed by atoms with Crippen molar-refractivity contribution >= 4 is 12.6 Å². The maximum atomic E-state index is 4.98. The number of nitrogens with zero attached hydrogens (tertiary/aromatic N) is 2. The summed E-state index contributed by atoms with van der Waals surface area (Å²) < 4.78 is 0. The van der Waals surface area contributed by atoms with Crippen molar-refractivity contribution in [3.63, 3.8) is 0 Å². The molecule has 4 N–H and O–H groups in total. The van der Waals surface area contributed by atoms with Crippen molar-refractivity contribution in [2.75, 3.05) is 13.1 Å². The Kier molecular flexibility index (Phi) is 2.35. The summed E-state index contributed by atoms with van der Waals surface area (Å²) >= 11 is 0.